The van der Waals surface area contributed by atoms with Crippen LogP contribution in [-0.2, 0) is 0 Å². The minimum absolute atomic E-state index is 0.139. The lowest BCUT2D eigenvalue weighted by Crippen LogP contribution is -2.35. The van der Waals surface area contributed by atoms with Gasteiger partial charge in [0.15, 0.2) is 5.69 Å². The molecule has 2 rings (SSSR count). The Kier molecular flexibility index (Phi) is 4.50. The quantitative estimate of drug-likeness (QED) is 0.877. The van der Waals surface area contributed by atoms with Crippen molar-refractivity contribution in [3.8, 4) is 0 Å². The molecular formula is C15H19N3O2. The molecule has 20 heavy (non-hydrogen) atoms. The number of carbonyl (C=O) groups is 1. The van der Waals surface area contributed by atoms with E-state index in [1.54, 1.807) is 24.3 Å². The molecule has 1 aromatic carbocycles. The fraction of sp³-hybridized carbons (Fsp3) is 0.400. The van der Waals surface area contributed by atoms with Crippen molar-refractivity contribution in [3.05, 3.63) is 40.3 Å². The number of benzene rings is 1. The van der Waals surface area contributed by atoms with Gasteiger partial charge >= 0.3 is 0 Å². The molecule has 0 aliphatic rings. The summed E-state index contributed by atoms with van der Waals surface area (Å²) >= 11 is 0. The summed E-state index contributed by atoms with van der Waals surface area (Å²) < 4.78 is 0. The molecule has 0 aliphatic carbocycles. The average molecular weight is 273 g/mol. The lowest BCUT2D eigenvalue weighted by atomic mass is 10.1. The van der Waals surface area contributed by atoms with E-state index in [0.29, 0.717) is 10.8 Å². The molecule has 2 aromatic rings. The molecule has 0 spiro atoms. The van der Waals surface area contributed by atoms with Crippen molar-refractivity contribution in [3.63, 3.8) is 0 Å². The maximum Gasteiger partial charge on any atom is 0.272 e. The second kappa shape index (κ2) is 6.32. The van der Waals surface area contributed by atoms with Gasteiger partial charge in [-0.25, -0.2) is 5.10 Å². The van der Waals surface area contributed by atoms with E-state index < -0.39 is 0 Å². The van der Waals surface area contributed by atoms with E-state index in [4.69, 9.17) is 0 Å². The molecule has 0 aliphatic heterocycles. The van der Waals surface area contributed by atoms with Crippen molar-refractivity contribution in [1.82, 2.24) is 15.5 Å². The van der Waals surface area contributed by atoms with Gasteiger partial charge in [-0.1, -0.05) is 38.5 Å². The highest BCUT2D eigenvalue weighted by atomic mass is 16.2. The summed E-state index contributed by atoms with van der Waals surface area (Å²) in [5.41, 5.74) is -0.00694. The van der Waals surface area contributed by atoms with Crippen LogP contribution in [0, 0.1) is 0 Å². The van der Waals surface area contributed by atoms with E-state index in [1.807, 2.05) is 6.92 Å². The molecule has 2 N–H and O–H groups in total. The third-order valence-corrected chi connectivity index (χ3v) is 3.38. The van der Waals surface area contributed by atoms with Crippen molar-refractivity contribution < 1.29 is 4.79 Å². The van der Waals surface area contributed by atoms with Gasteiger partial charge in [-0.2, -0.15) is 5.10 Å². The highest BCUT2D eigenvalue weighted by Crippen LogP contribution is 2.13. The molecule has 1 unspecified atom stereocenters. The van der Waals surface area contributed by atoms with Crippen LogP contribution in [0.25, 0.3) is 10.8 Å². The number of fused-ring (bicyclic) bond motifs is 1. The van der Waals surface area contributed by atoms with E-state index >= 15 is 0 Å². The maximum atomic E-state index is 12.3. The van der Waals surface area contributed by atoms with E-state index in [0.717, 1.165) is 19.3 Å². The minimum atomic E-state index is -0.280. The molecule has 1 heterocycles. The number of aromatic nitrogens is 2. The highest BCUT2D eigenvalue weighted by Gasteiger charge is 2.16. The number of H-pyrrole nitrogens is 1. The predicted octanol–water partition coefficient (Wildman–Crippen LogP) is 2.23. The molecule has 5 nitrogen and oxygen atoms in total. The predicted molar refractivity (Wildman–Crippen MR) is 78.8 cm³/mol. The molecule has 0 saturated heterocycles. The van der Waals surface area contributed by atoms with Crippen LogP contribution >= 0.6 is 0 Å². The Labute approximate surface area is 117 Å². The van der Waals surface area contributed by atoms with Gasteiger partial charge in [-0.05, 0) is 18.9 Å². The Bertz CT molecular complexity index is 663. The normalized spacial score (nSPS) is 12.3. The van der Waals surface area contributed by atoms with Gasteiger partial charge in [0, 0.05) is 11.4 Å². The van der Waals surface area contributed by atoms with Crippen LogP contribution in [0.4, 0.5) is 0 Å². The second-order valence-corrected chi connectivity index (χ2v) is 4.81. The van der Waals surface area contributed by atoms with E-state index in [1.165, 1.54) is 0 Å². The van der Waals surface area contributed by atoms with Gasteiger partial charge in [0.1, 0.15) is 0 Å². The zero-order valence-electron chi connectivity index (χ0n) is 11.8. The Morgan fingerprint density at radius 2 is 2.00 bits per heavy atom. The lowest BCUT2D eigenvalue weighted by molar-refractivity contribution is 0.0929. The molecule has 1 amide bonds. The highest BCUT2D eigenvalue weighted by molar-refractivity contribution is 6.04. The first-order chi connectivity index (χ1) is 9.67. The molecule has 0 bridgehead atoms. The summed E-state index contributed by atoms with van der Waals surface area (Å²) in [6, 6.07) is 7.14. The molecule has 0 saturated carbocycles. The third-order valence-electron chi connectivity index (χ3n) is 3.38. The lowest BCUT2D eigenvalue weighted by Gasteiger charge is -2.16. The van der Waals surface area contributed by atoms with Gasteiger partial charge in [0.2, 0.25) is 0 Å². The largest absolute Gasteiger partial charge is 0.348 e. The van der Waals surface area contributed by atoms with Gasteiger partial charge in [-0.15, -0.1) is 0 Å². The minimum Gasteiger partial charge on any atom is -0.348 e. The maximum absolute atomic E-state index is 12.3. The van der Waals surface area contributed by atoms with Gasteiger partial charge < -0.3 is 5.32 Å². The number of carbonyl (C=O) groups excluding carboxylic acids is 1. The monoisotopic (exact) mass is 273 g/mol. The molecule has 5 heteroatoms. The van der Waals surface area contributed by atoms with Crippen LogP contribution in [0.5, 0.6) is 0 Å². The van der Waals surface area contributed by atoms with Crippen LogP contribution in [0.3, 0.4) is 0 Å². The van der Waals surface area contributed by atoms with Crippen LogP contribution in [-0.4, -0.2) is 22.1 Å². The average Bonchev–Trinajstić information content (AvgIpc) is 2.47. The summed E-state index contributed by atoms with van der Waals surface area (Å²) in [5, 5.41) is 10.3. The van der Waals surface area contributed by atoms with E-state index in [-0.39, 0.29) is 23.2 Å². The fourth-order valence-electron chi connectivity index (χ4n) is 2.27. The molecule has 1 atom stereocenters. The first kappa shape index (κ1) is 14.2. The number of aromatic amines is 1. The summed E-state index contributed by atoms with van der Waals surface area (Å²) in [7, 11) is 0. The van der Waals surface area contributed by atoms with Crippen molar-refractivity contribution >= 4 is 16.7 Å². The number of nitrogens with one attached hydrogen (secondary N) is 2. The van der Waals surface area contributed by atoms with Gasteiger partial charge in [-0.3, -0.25) is 9.59 Å². The summed E-state index contributed by atoms with van der Waals surface area (Å²) in [6.07, 6.45) is 2.82. The van der Waals surface area contributed by atoms with Crippen LogP contribution in [0.15, 0.2) is 29.1 Å². The Morgan fingerprint density at radius 3 is 2.65 bits per heavy atom. The van der Waals surface area contributed by atoms with Crippen LogP contribution in [0.1, 0.15) is 43.6 Å². The first-order valence-corrected chi connectivity index (χ1v) is 6.95. The number of amides is 1. The number of hydrogen-bond acceptors (Lipinski definition) is 3. The zero-order valence-corrected chi connectivity index (χ0v) is 11.8. The number of hydrogen-bond donors (Lipinski definition) is 2. The summed E-state index contributed by atoms with van der Waals surface area (Å²) in [5.74, 6) is -0.238. The molecule has 1 aromatic heterocycles. The smallest absolute Gasteiger partial charge is 0.272 e. The molecule has 0 fully saturated rings. The Hall–Kier alpha value is -2.17. The van der Waals surface area contributed by atoms with Crippen LogP contribution in [0.2, 0.25) is 0 Å². The summed E-state index contributed by atoms with van der Waals surface area (Å²) in [6.45, 7) is 4.13. The van der Waals surface area contributed by atoms with E-state index in [2.05, 4.69) is 22.4 Å². The van der Waals surface area contributed by atoms with Crippen molar-refractivity contribution in [1.29, 1.82) is 0 Å². The molecule has 0 radical (unpaired) electrons. The van der Waals surface area contributed by atoms with Crippen molar-refractivity contribution in [2.24, 2.45) is 0 Å². The summed E-state index contributed by atoms with van der Waals surface area (Å²) in [4.78, 5) is 24.0. The second-order valence-electron chi connectivity index (χ2n) is 4.81. The standard InChI is InChI=1S/C15H19N3O2/c1-3-7-10(4-2)16-15(20)13-11-8-5-6-9-12(11)14(19)18-17-13/h5-6,8-10H,3-4,7H2,1-2H3,(H,16,20)(H,18,19). The Morgan fingerprint density at radius 1 is 1.30 bits per heavy atom. The zero-order chi connectivity index (χ0) is 14.5. The molecular weight excluding hydrogens is 254 g/mol. The topological polar surface area (TPSA) is 74.8 Å². The number of rotatable bonds is 5. The molecule has 106 valence electrons. The number of nitrogens with zero attached hydrogens (tertiary/aromatic N) is 1. The van der Waals surface area contributed by atoms with Crippen molar-refractivity contribution in [2.75, 3.05) is 0 Å². The van der Waals surface area contributed by atoms with Gasteiger partial charge in [0.05, 0.1) is 5.39 Å². The van der Waals surface area contributed by atoms with Gasteiger partial charge in [0.25, 0.3) is 11.5 Å². The SMILES string of the molecule is CCCC(CC)NC(=O)c1n[nH]c(=O)c2ccccc12. The van der Waals surface area contributed by atoms with Crippen LogP contribution < -0.4 is 10.9 Å². The third kappa shape index (κ3) is 2.87. The Balaban J connectivity index is 2.35. The first-order valence-electron chi connectivity index (χ1n) is 6.95. The fourth-order valence-corrected chi connectivity index (χ4v) is 2.27. The van der Waals surface area contributed by atoms with Crippen molar-refractivity contribution in [2.45, 2.75) is 39.2 Å². The van der Waals surface area contributed by atoms with E-state index in [9.17, 15) is 9.59 Å².